The number of anilines is 1. The van der Waals surface area contributed by atoms with E-state index in [-0.39, 0.29) is 19.0 Å². The number of hydrogen-bond acceptors (Lipinski definition) is 9. The molecule has 1 unspecified atom stereocenters. The van der Waals surface area contributed by atoms with Crippen LogP contribution in [0.1, 0.15) is 33.6 Å². The highest BCUT2D eigenvalue weighted by molar-refractivity contribution is 7.57. The molecule has 0 radical (unpaired) electrons. The predicted octanol–water partition coefficient (Wildman–Crippen LogP) is 3.81. The quantitative estimate of drug-likeness (QED) is 0.218. The summed E-state index contributed by atoms with van der Waals surface area (Å²) in [6.45, 7) is 7.63. The van der Waals surface area contributed by atoms with Gasteiger partial charge in [-0.05, 0) is 31.9 Å². The van der Waals surface area contributed by atoms with E-state index in [1.165, 1.54) is 6.33 Å². The molecular weight excluding hydrogens is 471 g/mol. The summed E-state index contributed by atoms with van der Waals surface area (Å²) in [6.07, 6.45) is 3.72. The summed E-state index contributed by atoms with van der Waals surface area (Å²) in [5.41, 5.74) is 7.01. The fourth-order valence-corrected chi connectivity index (χ4v) is 4.77. The van der Waals surface area contributed by atoms with Crippen LogP contribution in [-0.2, 0) is 25.3 Å². The number of imidazole rings is 1. The Morgan fingerprint density at radius 3 is 2.46 bits per heavy atom. The number of ether oxygens (including phenoxy) is 3. The maximum atomic E-state index is 13.8. The summed E-state index contributed by atoms with van der Waals surface area (Å²) in [7, 11) is -3.46. The van der Waals surface area contributed by atoms with E-state index < -0.39 is 13.8 Å². The molecule has 0 bridgehead atoms. The number of fused-ring (bicyclic) bond motifs is 1. The van der Waals surface area contributed by atoms with E-state index in [0.29, 0.717) is 42.5 Å². The number of rotatable bonds is 16. The van der Waals surface area contributed by atoms with Gasteiger partial charge in [-0.1, -0.05) is 32.0 Å². The van der Waals surface area contributed by atoms with Gasteiger partial charge in [-0.15, -0.1) is 0 Å². The van der Waals surface area contributed by atoms with Gasteiger partial charge in [0, 0.05) is 13.2 Å². The van der Waals surface area contributed by atoms with Crippen LogP contribution in [0.4, 0.5) is 5.82 Å². The zero-order valence-corrected chi connectivity index (χ0v) is 21.4. The van der Waals surface area contributed by atoms with Crippen LogP contribution in [0.3, 0.4) is 0 Å². The molecule has 0 fully saturated rings. The summed E-state index contributed by atoms with van der Waals surface area (Å²) >= 11 is 0. The molecule has 192 valence electrons. The molecule has 3 N–H and O–H groups in total. The highest BCUT2D eigenvalue weighted by atomic mass is 31.2. The first-order valence-corrected chi connectivity index (χ1v) is 13.6. The van der Waals surface area contributed by atoms with E-state index >= 15 is 0 Å². The Morgan fingerprint density at radius 2 is 1.77 bits per heavy atom. The maximum absolute atomic E-state index is 13.8. The van der Waals surface area contributed by atoms with Crippen molar-refractivity contribution in [2.45, 2.75) is 52.6 Å². The molecule has 2 atom stereocenters. The SMILES string of the molecule is CCCOC(CNP(=O)(CO[C@H](C)Cn1cnc2c(N)ncnc21)Oc1ccccc1)OCCC. The molecule has 3 aromatic rings. The summed E-state index contributed by atoms with van der Waals surface area (Å²) in [5, 5.41) is 3.02. The molecule has 0 amide bonds. The first-order valence-electron chi connectivity index (χ1n) is 11.8. The molecule has 0 saturated heterocycles. The highest BCUT2D eigenvalue weighted by Gasteiger charge is 2.28. The fraction of sp³-hybridized carbons (Fsp3) is 0.522. The standard InChI is InChI=1S/C23H35N6O5P/c1-4-11-31-20(32-12-5-2)13-28-35(30,34-19-9-7-6-8-10-19)17-33-18(3)14-29-16-27-21-22(24)25-15-26-23(21)29/h6-10,15-16,18,20H,4-5,11-14,17H2,1-3H3,(H,28,30)(H2,24,25,26)/t18-,35?/m1/s1. The van der Waals surface area contributed by atoms with Crippen molar-refractivity contribution in [2.24, 2.45) is 0 Å². The summed E-state index contributed by atoms with van der Waals surface area (Å²) < 4.78 is 39.0. The highest BCUT2D eigenvalue weighted by Crippen LogP contribution is 2.43. The zero-order chi connectivity index (χ0) is 25.1. The maximum Gasteiger partial charge on any atom is 0.342 e. The Bertz CT molecular complexity index is 1070. The van der Waals surface area contributed by atoms with Crippen molar-refractivity contribution < 1.29 is 23.3 Å². The van der Waals surface area contributed by atoms with Crippen molar-refractivity contribution in [1.29, 1.82) is 0 Å². The number of hydrogen-bond donors (Lipinski definition) is 2. The Hall–Kier alpha value is -2.56. The zero-order valence-electron chi connectivity index (χ0n) is 20.5. The number of benzene rings is 1. The lowest BCUT2D eigenvalue weighted by Crippen LogP contribution is -2.33. The summed E-state index contributed by atoms with van der Waals surface area (Å²) in [5.74, 6) is 0.797. The minimum atomic E-state index is -3.46. The van der Waals surface area contributed by atoms with E-state index in [1.54, 1.807) is 18.5 Å². The molecule has 0 aliphatic rings. The molecule has 0 spiro atoms. The lowest BCUT2D eigenvalue weighted by Gasteiger charge is -2.25. The normalized spacial score (nSPS) is 14.3. The van der Waals surface area contributed by atoms with E-state index in [0.717, 1.165) is 12.8 Å². The van der Waals surface area contributed by atoms with E-state index in [2.05, 4.69) is 20.0 Å². The molecule has 1 aromatic carbocycles. The monoisotopic (exact) mass is 506 g/mol. The second-order valence-corrected chi connectivity index (χ2v) is 10.1. The van der Waals surface area contributed by atoms with E-state index in [4.69, 9.17) is 24.5 Å². The van der Waals surface area contributed by atoms with Crippen molar-refractivity contribution in [3.8, 4) is 5.75 Å². The average Bonchev–Trinajstić information content (AvgIpc) is 3.27. The molecular formula is C23H35N6O5P. The average molecular weight is 507 g/mol. The number of aromatic nitrogens is 4. The second-order valence-electron chi connectivity index (χ2n) is 8.05. The van der Waals surface area contributed by atoms with Gasteiger partial charge in [0.15, 0.2) is 17.8 Å². The number of nitrogens with zero attached hydrogens (tertiary/aromatic N) is 4. The Morgan fingerprint density at radius 1 is 1.06 bits per heavy atom. The third-order valence-electron chi connectivity index (χ3n) is 4.92. The largest absolute Gasteiger partial charge is 0.431 e. The van der Waals surface area contributed by atoms with Crippen LogP contribution in [0.15, 0.2) is 43.0 Å². The molecule has 0 saturated carbocycles. The summed E-state index contributed by atoms with van der Waals surface area (Å²) in [4.78, 5) is 12.5. The summed E-state index contributed by atoms with van der Waals surface area (Å²) in [6, 6.07) is 9.00. The Kier molecular flexibility index (Phi) is 10.4. The topological polar surface area (TPSA) is 136 Å². The van der Waals surface area contributed by atoms with Gasteiger partial charge in [-0.25, -0.2) is 20.0 Å². The van der Waals surface area contributed by atoms with Gasteiger partial charge in [-0.3, -0.25) is 4.57 Å². The second kappa shape index (κ2) is 13.5. The Balaban J connectivity index is 1.66. The third-order valence-corrected chi connectivity index (χ3v) is 6.58. The van der Waals surface area contributed by atoms with Crippen LogP contribution in [0.25, 0.3) is 11.2 Å². The van der Waals surface area contributed by atoms with Gasteiger partial charge in [0.05, 0.1) is 25.5 Å². The molecule has 2 heterocycles. The first-order chi connectivity index (χ1) is 16.9. The number of nitrogen functional groups attached to an aromatic ring is 1. The van der Waals surface area contributed by atoms with Crippen LogP contribution >= 0.6 is 7.52 Å². The van der Waals surface area contributed by atoms with Gasteiger partial charge in [0.1, 0.15) is 23.9 Å². The van der Waals surface area contributed by atoms with Crippen LogP contribution in [0.5, 0.6) is 5.75 Å². The number of nitrogens with two attached hydrogens (primary N) is 1. The van der Waals surface area contributed by atoms with Crippen LogP contribution in [0.2, 0.25) is 0 Å². The lowest BCUT2D eigenvalue weighted by molar-refractivity contribution is -0.137. The van der Waals surface area contributed by atoms with Crippen LogP contribution < -0.4 is 15.3 Å². The number of nitrogens with one attached hydrogen (secondary N) is 1. The first kappa shape index (κ1) is 27.0. The van der Waals surface area contributed by atoms with Crippen LogP contribution in [0, 0.1) is 0 Å². The number of para-hydroxylation sites is 1. The van der Waals surface area contributed by atoms with E-state index in [9.17, 15) is 4.57 Å². The fourth-order valence-electron chi connectivity index (χ4n) is 3.22. The van der Waals surface area contributed by atoms with Crippen molar-refractivity contribution in [1.82, 2.24) is 24.6 Å². The molecule has 0 aliphatic carbocycles. The molecule has 35 heavy (non-hydrogen) atoms. The van der Waals surface area contributed by atoms with Gasteiger partial charge in [0.25, 0.3) is 0 Å². The molecule has 0 aliphatic heterocycles. The van der Waals surface area contributed by atoms with Gasteiger partial charge >= 0.3 is 7.52 Å². The van der Waals surface area contributed by atoms with Gasteiger partial charge < -0.3 is 29.0 Å². The van der Waals surface area contributed by atoms with Crippen molar-refractivity contribution in [3.63, 3.8) is 0 Å². The molecule has 12 heteroatoms. The predicted molar refractivity (Wildman–Crippen MR) is 134 cm³/mol. The molecule has 11 nitrogen and oxygen atoms in total. The molecule has 3 rings (SSSR count). The van der Waals surface area contributed by atoms with Gasteiger partial charge in [0.2, 0.25) is 0 Å². The van der Waals surface area contributed by atoms with Crippen molar-refractivity contribution in [3.05, 3.63) is 43.0 Å². The smallest absolute Gasteiger partial charge is 0.342 e. The van der Waals surface area contributed by atoms with Crippen LogP contribution in [-0.4, -0.2) is 58.0 Å². The van der Waals surface area contributed by atoms with Crippen molar-refractivity contribution in [2.75, 3.05) is 31.8 Å². The van der Waals surface area contributed by atoms with Gasteiger partial charge in [-0.2, -0.15) is 0 Å². The minimum Gasteiger partial charge on any atom is -0.431 e. The Labute approximate surface area is 205 Å². The van der Waals surface area contributed by atoms with E-state index in [1.807, 2.05) is 43.5 Å². The molecule has 2 aromatic heterocycles. The van der Waals surface area contributed by atoms with Crippen molar-refractivity contribution >= 4 is 24.5 Å². The third kappa shape index (κ3) is 8.26. The lowest BCUT2D eigenvalue weighted by atomic mass is 10.3. The minimum absolute atomic E-state index is 0.152.